The van der Waals surface area contributed by atoms with Crippen LogP contribution in [0.25, 0.3) is 0 Å². The lowest BCUT2D eigenvalue weighted by molar-refractivity contribution is -0.887. The SMILES string of the molecule is CC/C=C/C/C=C/C/C=C/CCCCCCCCC(=O)OCC(COCCC(C(=O)O)[N+](C)(C)C)OC(=O)CCCCCCCCC/C=C/CCCCCCCCCCCCCC. The minimum atomic E-state index is -0.877. The molecule has 0 aliphatic rings. The fourth-order valence-electron chi connectivity index (χ4n) is 7.69. The van der Waals surface area contributed by atoms with E-state index in [1.165, 1.54) is 128 Å². The standard InChI is InChI=1S/C55H99NO7/c1-6-8-10-12-14-16-18-20-22-24-25-26-27-28-29-30-32-34-36-38-40-42-44-46-54(58)63-51(49-61-48-47-52(55(59)60)56(3,4)5)50-62-53(57)45-43-41-39-37-35-33-31-23-21-19-17-15-13-11-9-7-2/h9,11,15,17,21,23,28-29,51-52H,6-8,10,12-14,16,18-20,22,24-27,30-50H2,1-5H3/p+1/b11-9+,17-15+,23-21+,29-28+. The van der Waals surface area contributed by atoms with Gasteiger partial charge in [-0.15, -0.1) is 0 Å². The zero-order valence-electron chi connectivity index (χ0n) is 41.8. The van der Waals surface area contributed by atoms with Crippen molar-refractivity contribution in [2.45, 2.75) is 244 Å². The Kier molecular flexibility index (Phi) is 43.9. The minimum Gasteiger partial charge on any atom is -0.477 e. The van der Waals surface area contributed by atoms with Crippen LogP contribution in [-0.4, -0.2) is 80.6 Å². The number of esters is 2. The minimum absolute atomic E-state index is 0.0552. The molecule has 0 radical (unpaired) electrons. The van der Waals surface area contributed by atoms with Gasteiger partial charge in [-0.05, 0) is 70.6 Å². The number of hydrogen-bond acceptors (Lipinski definition) is 6. The van der Waals surface area contributed by atoms with Crippen LogP contribution in [0.5, 0.6) is 0 Å². The Hall–Kier alpha value is -2.71. The molecule has 0 aromatic carbocycles. The van der Waals surface area contributed by atoms with Crippen molar-refractivity contribution in [3.05, 3.63) is 48.6 Å². The number of rotatable bonds is 47. The summed E-state index contributed by atoms with van der Waals surface area (Å²) in [6.45, 7) is 4.63. The number of quaternary nitrogens is 1. The third kappa shape index (κ3) is 44.3. The summed E-state index contributed by atoms with van der Waals surface area (Å²) in [4.78, 5) is 37.2. The molecule has 0 aliphatic carbocycles. The Morgan fingerprint density at radius 1 is 0.492 bits per heavy atom. The summed E-state index contributed by atoms with van der Waals surface area (Å²) < 4.78 is 17.3. The van der Waals surface area contributed by atoms with Crippen molar-refractivity contribution in [1.29, 1.82) is 0 Å². The number of carbonyl (C=O) groups is 3. The van der Waals surface area contributed by atoms with Gasteiger partial charge in [-0.2, -0.15) is 0 Å². The molecule has 0 aliphatic heterocycles. The summed E-state index contributed by atoms with van der Waals surface area (Å²) in [7, 11) is 5.53. The largest absolute Gasteiger partial charge is 0.477 e. The van der Waals surface area contributed by atoms with Crippen LogP contribution in [-0.2, 0) is 28.6 Å². The van der Waals surface area contributed by atoms with Gasteiger partial charge in [-0.1, -0.05) is 191 Å². The first-order valence-corrected chi connectivity index (χ1v) is 26.2. The van der Waals surface area contributed by atoms with E-state index in [1.54, 1.807) is 0 Å². The molecule has 1 N–H and O–H groups in total. The van der Waals surface area contributed by atoms with E-state index in [-0.39, 0.29) is 36.2 Å². The van der Waals surface area contributed by atoms with Crippen LogP contribution in [0.1, 0.15) is 232 Å². The summed E-state index contributed by atoms with van der Waals surface area (Å²) in [6, 6.07) is -0.619. The third-order valence-corrected chi connectivity index (χ3v) is 11.7. The first-order valence-electron chi connectivity index (χ1n) is 26.2. The fraction of sp³-hybridized carbons (Fsp3) is 0.800. The van der Waals surface area contributed by atoms with Crippen LogP contribution in [0.15, 0.2) is 48.6 Å². The number of allylic oxidation sites excluding steroid dienone is 8. The Morgan fingerprint density at radius 3 is 1.33 bits per heavy atom. The highest BCUT2D eigenvalue weighted by Gasteiger charge is 2.31. The number of nitrogens with zero attached hydrogens (tertiary/aromatic N) is 1. The molecule has 0 heterocycles. The first kappa shape index (κ1) is 60.3. The molecule has 0 bridgehead atoms. The van der Waals surface area contributed by atoms with E-state index in [9.17, 15) is 19.5 Å². The predicted octanol–water partition coefficient (Wildman–Crippen LogP) is 15.1. The number of likely N-dealkylation sites (N-methyl/N-ethyl adjacent to an activating group) is 1. The van der Waals surface area contributed by atoms with Crippen LogP contribution < -0.4 is 0 Å². The number of ether oxygens (including phenoxy) is 3. The van der Waals surface area contributed by atoms with Crippen molar-refractivity contribution in [3.8, 4) is 0 Å². The Morgan fingerprint density at radius 2 is 0.889 bits per heavy atom. The van der Waals surface area contributed by atoms with Gasteiger partial charge in [-0.25, -0.2) is 4.79 Å². The second-order valence-corrected chi connectivity index (χ2v) is 18.7. The van der Waals surface area contributed by atoms with Gasteiger partial charge >= 0.3 is 17.9 Å². The molecule has 2 atom stereocenters. The zero-order valence-corrected chi connectivity index (χ0v) is 41.8. The Balaban J connectivity index is 4.22. The smallest absolute Gasteiger partial charge is 0.362 e. The molecule has 0 saturated heterocycles. The normalized spacial score (nSPS) is 13.2. The Bertz CT molecular complexity index is 1170. The van der Waals surface area contributed by atoms with E-state index in [1.807, 2.05) is 21.1 Å². The molecule has 8 nitrogen and oxygen atoms in total. The van der Waals surface area contributed by atoms with Gasteiger partial charge in [0.1, 0.15) is 6.61 Å². The van der Waals surface area contributed by atoms with E-state index >= 15 is 0 Å². The average Bonchev–Trinajstić information content (AvgIpc) is 3.24. The second kappa shape index (κ2) is 45.8. The van der Waals surface area contributed by atoms with E-state index in [0.29, 0.717) is 19.3 Å². The van der Waals surface area contributed by atoms with Crippen LogP contribution in [0.2, 0.25) is 0 Å². The van der Waals surface area contributed by atoms with Gasteiger partial charge in [0, 0.05) is 19.3 Å². The molecule has 0 saturated carbocycles. The molecular weight excluding hydrogens is 787 g/mol. The van der Waals surface area contributed by atoms with Gasteiger partial charge in [0.15, 0.2) is 12.1 Å². The molecule has 0 aromatic rings. The highest BCUT2D eigenvalue weighted by Crippen LogP contribution is 2.15. The lowest BCUT2D eigenvalue weighted by Gasteiger charge is -2.31. The van der Waals surface area contributed by atoms with E-state index < -0.39 is 18.1 Å². The van der Waals surface area contributed by atoms with Gasteiger partial charge in [0.25, 0.3) is 0 Å². The molecule has 8 heteroatoms. The molecule has 0 amide bonds. The average molecular weight is 887 g/mol. The zero-order chi connectivity index (χ0) is 46.3. The monoisotopic (exact) mass is 887 g/mol. The van der Waals surface area contributed by atoms with Crippen molar-refractivity contribution >= 4 is 17.9 Å². The Labute approximate surface area is 388 Å². The van der Waals surface area contributed by atoms with Crippen molar-refractivity contribution in [3.63, 3.8) is 0 Å². The number of unbranched alkanes of at least 4 members (excludes halogenated alkanes) is 25. The summed E-state index contributed by atoms with van der Waals surface area (Å²) in [5, 5.41) is 9.65. The maximum Gasteiger partial charge on any atom is 0.362 e. The quantitative estimate of drug-likeness (QED) is 0.0281. The highest BCUT2D eigenvalue weighted by atomic mass is 16.6. The lowest BCUT2D eigenvalue weighted by Crippen LogP contribution is -2.50. The van der Waals surface area contributed by atoms with Crippen LogP contribution in [0, 0.1) is 0 Å². The molecule has 366 valence electrons. The van der Waals surface area contributed by atoms with Crippen LogP contribution >= 0.6 is 0 Å². The lowest BCUT2D eigenvalue weighted by atomic mass is 10.0. The highest BCUT2D eigenvalue weighted by molar-refractivity contribution is 5.72. The van der Waals surface area contributed by atoms with Gasteiger partial charge in [0.05, 0.1) is 34.4 Å². The van der Waals surface area contributed by atoms with E-state index in [0.717, 1.165) is 70.6 Å². The molecular formula is C55H100NO7+. The molecule has 63 heavy (non-hydrogen) atoms. The van der Waals surface area contributed by atoms with Gasteiger partial charge < -0.3 is 23.8 Å². The van der Waals surface area contributed by atoms with Crippen molar-refractivity contribution in [1.82, 2.24) is 0 Å². The van der Waals surface area contributed by atoms with Crippen LogP contribution in [0.4, 0.5) is 0 Å². The second-order valence-electron chi connectivity index (χ2n) is 18.7. The molecule has 0 fully saturated rings. The van der Waals surface area contributed by atoms with Crippen molar-refractivity contribution in [2.24, 2.45) is 0 Å². The van der Waals surface area contributed by atoms with Gasteiger partial charge in [0.2, 0.25) is 0 Å². The van der Waals surface area contributed by atoms with E-state index in [2.05, 4.69) is 62.5 Å². The maximum atomic E-state index is 12.8. The topological polar surface area (TPSA) is 99.1 Å². The summed E-state index contributed by atoms with van der Waals surface area (Å²) in [5.74, 6) is -1.48. The number of carboxylic acids is 1. The number of carboxylic acid groups (broad SMARTS) is 1. The maximum absolute atomic E-state index is 12.8. The summed E-state index contributed by atoms with van der Waals surface area (Å²) >= 11 is 0. The first-order chi connectivity index (χ1) is 30.6. The van der Waals surface area contributed by atoms with Crippen molar-refractivity contribution in [2.75, 3.05) is 41.0 Å². The number of aliphatic carboxylic acids is 1. The van der Waals surface area contributed by atoms with E-state index in [4.69, 9.17) is 14.2 Å². The summed E-state index contributed by atoms with van der Waals surface area (Å²) in [5.41, 5.74) is 0. The number of carbonyl (C=O) groups excluding carboxylic acids is 2. The molecule has 2 unspecified atom stereocenters. The molecule has 0 rings (SSSR count). The molecule has 0 spiro atoms. The van der Waals surface area contributed by atoms with Gasteiger partial charge in [-0.3, -0.25) is 9.59 Å². The summed E-state index contributed by atoms with van der Waals surface area (Å²) in [6.07, 6.45) is 55.9. The fourth-order valence-corrected chi connectivity index (χ4v) is 7.69. The molecule has 0 aromatic heterocycles. The van der Waals surface area contributed by atoms with Crippen LogP contribution in [0.3, 0.4) is 0 Å². The van der Waals surface area contributed by atoms with Crippen molar-refractivity contribution < 1.29 is 38.2 Å². The predicted molar refractivity (Wildman–Crippen MR) is 266 cm³/mol. The third-order valence-electron chi connectivity index (χ3n) is 11.7. The number of hydrogen-bond donors (Lipinski definition) is 1.